The Morgan fingerprint density at radius 3 is 2.19 bits per heavy atom. The van der Waals surface area contributed by atoms with Crippen molar-refractivity contribution < 1.29 is 19.1 Å². The van der Waals surface area contributed by atoms with E-state index in [-0.39, 0.29) is 11.8 Å². The summed E-state index contributed by atoms with van der Waals surface area (Å²) in [7, 11) is 0. The standard InChI is InChI=1S/C19H21N3O4/c1-13-11-16-17(26-10-9-25-16)12-14(13)18(23)21-5-7-22(8-6-21)19(24)15-3-2-4-20-15/h2-4,11-12,20H,5-10H2,1H3. The Hall–Kier alpha value is -2.96. The minimum Gasteiger partial charge on any atom is -0.486 e. The summed E-state index contributed by atoms with van der Waals surface area (Å²) in [5, 5.41) is 0. The van der Waals surface area contributed by atoms with Gasteiger partial charge in [0.05, 0.1) is 0 Å². The van der Waals surface area contributed by atoms with Crippen LogP contribution in [0, 0.1) is 6.92 Å². The Morgan fingerprint density at radius 2 is 1.58 bits per heavy atom. The summed E-state index contributed by atoms with van der Waals surface area (Å²) in [6.45, 7) is 4.98. The number of benzene rings is 1. The molecule has 1 aromatic heterocycles. The third-order valence-corrected chi connectivity index (χ3v) is 4.80. The maximum absolute atomic E-state index is 12.9. The highest BCUT2D eigenvalue weighted by Gasteiger charge is 2.27. The lowest BCUT2D eigenvalue weighted by Crippen LogP contribution is -2.50. The van der Waals surface area contributed by atoms with E-state index in [2.05, 4.69) is 4.98 Å². The molecule has 0 bridgehead atoms. The van der Waals surface area contributed by atoms with Crippen LogP contribution in [-0.4, -0.2) is 66.0 Å². The lowest BCUT2D eigenvalue weighted by atomic mass is 10.1. The van der Waals surface area contributed by atoms with Crippen LogP contribution in [0.2, 0.25) is 0 Å². The van der Waals surface area contributed by atoms with E-state index >= 15 is 0 Å². The highest BCUT2D eigenvalue weighted by atomic mass is 16.6. The van der Waals surface area contributed by atoms with Crippen molar-refractivity contribution in [2.45, 2.75) is 6.92 Å². The minimum atomic E-state index is -0.0357. The number of nitrogens with zero attached hydrogens (tertiary/aromatic N) is 2. The predicted octanol–water partition coefficient (Wildman–Crippen LogP) is 1.69. The molecule has 7 heteroatoms. The zero-order chi connectivity index (χ0) is 18.1. The monoisotopic (exact) mass is 355 g/mol. The molecule has 0 radical (unpaired) electrons. The Bertz CT molecular complexity index is 824. The number of H-pyrrole nitrogens is 1. The van der Waals surface area contributed by atoms with Crippen molar-refractivity contribution in [3.05, 3.63) is 47.3 Å². The van der Waals surface area contributed by atoms with Crippen LogP contribution in [0.15, 0.2) is 30.5 Å². The average molecular weight is 355 g/mol. The van der Waals surface area contributed by atoms with Gasteiger partial charge >= 0.3 is 0 Å². The fourth-order valence-corrected chi connectivity index (χ4v) is 3.34. The van der Waals surface area contributed by atoms with Crippen molar-refractivity contribution >= 4 is 11.8 Å². The molecule has 1 saturated heterocycles. The molecule has 1 aromatic carbocycles. The zero-order valence-electron chi connectivity index (χ0n) is 14.7. The summed E-state index contributed by atoms with van der Waals surface area (Å²) in [6, 6.07) is 7.19. The van der Waals surface area contributed by atoms with Gasteiger partial charge in [-0.1, -0.05) is 0 Å². The first-order valence-electron chi connectivity index (χ1n) is 8.75. The van der Waals surface area contributed by atoms with E-state index in [0.717, 1.165) is 5.56 Å². The molecule has 0 unspecified atom stereocenters. The van der Waals surface area contributed by atoms with Crippen molar-refractivity contribution in [2.75, 3.05) is 39.4 Å². The van der Waals surface area contributed by atoms with Crippen molar-refractivity contribution in [1.29, 1.82) is 0 Å². The van der Waals surface area contributed by atoms with E-state index < -0.39 is 0 Å². The third-order valence-electron chi connectivity index (χ3n) is 4.80. The van der Waals surface area contributed by atoms with E-state index in [9.17, 15) is 9.59 Å². The normalized spacial score (nSPS) is 16.5. The van der Waals surface area contributed by atoms with Gasteiger partial charge < -0.3 is 24.3 Å². The predicted molar refractivity (Wildman–Crippen MR) is 94.8 cm³/mol. The number of hydrogen-bond acceptors (Lipinski definition) is 4. The number of piperazine rings is 1. The SMILES string of the molecule is Cc1cc2c(cc1C(=O)N1CCN(C(=O)c3ccc[nH]3)CC1)OCCO2. The Morgan fingerprint density at radius 1 is 0.962 bits per heavy atom. The van der Waals surface area contributed by atoms with E-state index in [1.807, 2.05) is 13.0 Å². The van der Waals surface area contributed by atoms with Gasteiger partial charge in [0.2, 0.25) is 0 Å². The maximum atomic E-state index is 12.9. The molecule has 0 aliphatic carbocycles. The second-order valence-electron chi connectivity index (χ2n) is 6.48. The molecule has 1 fully saturated rings. The molecule has 2 aliphatic heterocycles. The number of hydrogen-bond donors (Lipinski definition) is 1. The molecule has 3 heterocycles. The van der Waals surface area contributed by atoms with Crippen molar-refractivity contribution in [3.63, 3.8) is 0 Å². The first-order chi connectivity index (χ1) is 12.6. The van der Waals surface area contributed by atoms with Gasteiger partial charge in [-0.25, -0.2) is 0 Å². The van der Waals surface area contributed by atoms with Gasteiger partial charge in [0.15, 0.2) is 11.5 Å². The van der Waals surface area contributed by atoms with Crippen molar-refractivity contribution in [3.8, 4) is 11.5 Å². The third kappa shape index (κ3) is 3.00. The average Bonchev–Trinajstić information content (AvgIpc) is 3.21. The highest BCUT2D eigenvalue weighted by molar-refractivity contribution is 5.97. The molecule has 4 rings (SSSR count). The van der Waals surface area contributed by atoms with Gasteiger partial charge in [-0.3, -0.25) is 9.59 Å². The molecule has 7 nitrogen and oxygen atoms in total. The number of aryl methyl sites for hydroxylation is 1. The van der Waals surface area contributed by atoms with Crippen LogP contribution in [-0.2, 0) is 0 Å². The maximum Gasteiger partial charge on any atom is 0.270 e. The van der Waals surface area contributed by atoms with Crippen LogP contribution in [0.1, 0.15) is 26.4 Å². The number of fused-ring (bicyclic) bond motifs is 1. The summed E-state index contributed by atoms with van der Waals surface area (Å²) in [5.74, 6) is 1.24. The molecule has 0 spiro atoms. The van der Waals surface area contributed by atoms with E-state index in [1.165, 1.54) is 0 Å². The molecule has 2 aliphatic rings. The van der Waals surface area contributed by atoms with E-state index in [4.69, 9.17) is 9.47 Å². The first kappa shape index (κ1) is 16.5. The molecule has 2 amide bonds. The summed E-state index contributed by atoms with van der Waals surface area (Å²) in [4.78, 5) is 31.8. The lowest BCUT2D eigenvalue weighted by molar-refractivity contribution is 0.0531. The number of rotatable bonds is 2. The summed E-state index contributed by atoms with van der Waals surface area (Å²) in [6.07, 6.45) is 1.73. The second-order valence-corrected chi connectivity index (χ2v) is 6.48. The fraction of sp³-hybridized carbons (Fsp3) is 0.368. The van der Waals surface area contributed by atoms with Crippen molar-refractivity contribution in [2.24, 2.45) is 0 Å². The smallest absolute Gasteiger partial charge is 0.270 e. The number of ether oxygens (including phenoxy) is 2. The van der Waals surface area contributed by atoms with Crippen molar-refractivity contribution in [1.82, 2.24) is 14.8 Å². The van der Waals surface area contributed by atoms with Gasteiger partial charge in [0.25, 0.3) is 11.8 Å². The van der Waals surface area contributed by atoms with Crippen LogP contribution in [0.25, 0.3) is 0 Å². The van der Waals surface area contributed by atoms with E-state index in [0.29, 0.717) is 62.1 Å². The zero-order valence-corrected chi connectivity index (χ0v) is 14.7. The lowest BCUT2D eigenvalue weighted by Gasteiger charge is -2.35. The number of aromatic nitrogens is 1. The Balaban J connectivity index is 1.45. The van der Waals surface area contributed by atoms with Gasteiger partial charge in [-0.15, -0.1) is 0 Å². The first-order valence-corrected chi connectivity index (χ1v) is 8.75. The van der Waals surface area contributed by atoms with E-state index in [1.54, 1.807) is 34.2 Å². The minimum absolute atomic E-state index is 0.0300. The topological polar surface area (TPSA) is 74.9 Å². The molecule has 1 N–H and O–H groups in total. The quantitative estimate of drug-likeness (QED) is 0.890. The van der Waals surface area contributed by atoms with Gasteiger partial charge in [0.1, 0.15) is 18.9 Å². The van der Waals surface area contributed by atoms with Gasteiger partial charge in [0, 0.05) is 37.9 Å². The second kappa shape index (κ2) is 6.74. The molecular weight excluding hydrogens is 334 g/mol. The van der Waals surface area contributed by atoms with Crippen LogP contribution in [0.4, 0.5) is 0 Å². The summed E-state index contributed by atoms with van der Waals surface area (Å²) >= 11 is 0. The number of amides is 2. The Labute approximate surface area is 151 Å². The summed E-state index contributed by atoms with van der Waals surface area (Å²) in [5.41, 5.74) is 2.06. The molecule has 26 heavy (non-hydrogen) atoms. The van der Waals surface area contributed by atoms with Gasteiger partial charge in [-0.05, 0) is 36.8 Å². The van der Waals surface area contributed by atoms with Crippen LogP contribution >= 0.6 is 0 Å². The molecule has 0 saturated carbocycles. The molecular formula is C19H21N3O4. The number of carbonyl (C=O) groups is 2. The number of carbonyl (C=O) groups excluding carboxylic acids is 2. The van der Waals surface area contributed by atoms with Crippen LogP contribution in [0.5, 0.6) is 11.5 Å². The fourth-order valence-electron chi connectivity index (χ4n) is 3.34. The largest absolute Gasteiger partial charge is 0.486 e. The van der Waals surface area contributed by atoms with Gasteiger partial charge in [-0.2, -0.15) is 0 Å². The molecule has 136 valence electrons. The van der Waals surface area contributed by atoms with Crippen LogP contribution < -0.4 is 9.47 Å². The van der Waals surface area contributed by atoms with Crippen LogP contribution in [0.3, 0.4) is 0 Å². The number of nitrogens with one attached hydrogen (secondary N) is 1. The number of aromatic amines is 1. The molecule has 0 atom stereocenters. The highest BCUT2D eigenvalue weighted by Crippen LogP contribution is 2.33. The summed E-state index contributed by atoms with van der Waals surface area (Å²) < 4.78 is 11.2. The molecule has 2 aromatic rings. The Kier molecular flexibility index (Phi) is 4.28.